The lowest BCUT2D eigenvalue weighted by molar-refractivity contribution is 0.0347. The van der Waals surface area contributed by atoms with Gasteiger partial charge in [-0.3, -0.25) is 4.99 Å². The van der Waals surface area contributed by atoms with Crippen molar-refractivity contribution in [3.05, 3.63) is 34.1 Å². The molecule has 1 aromatic carbocycles. The molecule has 0 aromatic heterocycles. The molecule has 0 amide bonds. The van der Waals surface area contributed by atoms with E-state index in [9.17, 15) is 4.39 Å². The lowest BCUT2D eigenvalue weighted by Gasteiger charge is -2.19. The maximum atomic E-state index is 13.8. The Morgan fingerprint density at radius 1 is 1.52 bits per heavy atom. The zero-order valence-corrected chi connectivity index (χ0v) is 16.4. The van der Waals surface area contributed by atoms with Crippen LogP contribution in [0.5, 0.6) is 0 Å². The van der Waals surface area contributed by atoms with Gasteiger partial charge in [-0.2, -0.15) is 0 Å². The van der Waals surface area contributed by atoms with Crippen molar-refractivity contribution in [2.75, 3.05) is 33.4 Å². The van der Waals surface area contributed by atoms with Crippen LogP contribution in [0, 0.1) is 5.82 Å². The molecule has 1 heterocycles. The second-order valence-corrected chi connectivity index (χ2v) is 7.12. The molecule has 1 aliphatic heterocycles. The fourth-order valence-electron chi connectivity index (χ4n) is 2.60. The van der Waals surface area contributed by atoms with E-state index < -0.39 is 0 Å². The summed E-state index contributed by atoms with van der Waals surface area (Å²) in [5.74, 6) is 0.564. The molecule has 2 rings (SSSR count). The smallest absolute Gasteiger partial charge is 0.191 e. The Balaban J connectivity index is 1.63. The highest BCUT2D eigenvalue weighted by Crippen LogP contribution is 2.16. The van der Waals surface area contributed by atoms with E-state index >= 15 is 0 Å². The Labute approximate surface area is 157 Å². The quantitative estimate of drug-likeness (QED) is 0.389. The van der Waals surface area contributed by atoms with Crippen LogP contribution in [-0.4, -0.2) is 51.5 Å². The molecule has 25 heavy (non-hydrogen) atoms. The predicted octanol–water partition coefficient (Wildman–Crippen LogP) is 2.88. The molecule has 1 aromatic rings. The fraction of sp³-hybridized carbons (Fsp3) is 0.611. The van der Waals surface area contributed by atoms with E-state index in [0.29, 0.717) is 19.6 Å². The van der Waals surface area contributed by atoms with Crippen LogP contribution < -0.4 is 10.6 Å². The monoisotopic (exact) mass is 415 g/mol. The first-order valence-corrected chi connectivity index (χ1v) is 9.48. The Hall–Kier alpha value is -1.18. The van der Waals surface area contributed by atoms with E-state index in [1.54, 1.807) is 7.05 Å². The SMILES string of the molecule is CN=C(NCCCc1ccc(Br)cc1F)NC(C)COC1CCOC1. The van der Waals surface area contributed by atoms with Gasteiger partial charge < -0.3 is 20.1 Å². The van der Waals surface area contributed by atoms with Crippen LogP contribution in [0.15, 0.2) is 27.7 Å². The minimum atomic E-state index is -0.168. The first kappa shape index (κ1) is 20.1. The van der Waals surface area contributed by atoms with Gasteiger partial charge in [-0.25, -0.2) is 4.39 Å². The molecule has 2 unspecified atom stereocenters. The van der Waals surface area contributed by atoms with Crippen molar-refractivity contribution in [3.63, 3.8) is 0 Å². The van der Waals surface area contributed by atoms with Crippen molar-refractivity contribution in [3.8, 4) is 0 Å². The minimum absolute atomic E-state index is 0.149. The summed E-state index contributed by atoms with van der Waals surface area (Å²) < 4.78 is 25.6. The molecule has 2 N–H and O–H groups in total. The van der Waals surface area contributed by atoms with Gasteiger partial charge in [0.25, 0.3) is 0 Å². The summed E-state index contributed by atoms with van der Waals surface area (Å²) in [7, 11) is 1.74. The van der Waals surface area contributed by atoms with Gasteiger partial charge in [-0.05, 0) is 43.9 Å². The first-order valence-electron chi connectivity index (χ1n) is 8.69. The van der Waals surface area contributed by atoms with E-state index in [1.807, 2.05) is 12.1 Å². The Bertz CT molecular complexity index is 565. The van der Waals surface area contributed by atoms with Crippen LogP contribution in [0.2, 0.25) is 0 Å². The number of hydrogen-bond donors (Lipinski definition) is 2. The molecule has 5 nitrogen and oxygen atoms in total. The third-order valence-corrected chi connectivity index (χ3v) is 4.50. The number of nitrogens with one attached hydrogen (secondary N) is 2. The van der Waals surface area contributed by atoms with Gasteiger partial charge in [0.05, 0.1) is 19.3 Å². The zero-order valence-electron chi connectivity index (χ0n) is 14.9. The van der Waals surface area contributed by atoms with E-state index in [1.165, 1.54) is 6.07 Å². The van der Waals surface area contributed by atoms with Crippen molar-refractivity contribution in [1.82, 2.24) is 10.6 Å². The van der Waals surface area contributed by atoms with Crippen LogP contribution >= 0.6 is 15.9 Å². The van der Waals surface area contributed by atoms with Gasteiger partial charge >= 0.3 is 0 Å². The highest BCUT2D eigenvalue weighted by atomic mass is 79.9. The molecule has 0 aliphatic carbocycles. The lowest BCUT2D eigenvalue weighted by atomic mass is 10.1. The van der Waals surface area contributed by atoms with Crippen molar-refractivity contribution in [2.24, 2.45) is 4.99 Å². The summed E-state index contributed by atoms with van der Waals surface area (Å²) >= 11 is 3.27. The topological polar surface area (TPSA) is 54.9 Å². The minimum Gasteiger partial charge on any atom is -0.379 e. The number of benzene rings is 1. The number of hydrogen-bond acceptors (Lipinski definition) is 3. The molecule has 0 bridgehead atoms. The van der Waals surface area contributed by atoms with Gasteiger partial charge in [0.2, 0.25) is 0 Å². The lowest BCUT2D eigenvalue weighted by Crippen LogP contribution is -2.44. The molecule has 0 saturated carbocycles. The van der Waals surface area contributed by atoms with Crippen LogP contribution in [0.3, 0.4) is 0 Å². The summed E-state index contributed by atoms with van der Waals surface area (Å²) in [5, 5.41) is 6.56. The first-order chi connectivity index (χ1) is 12.1. The van der Waals surface area contributed by atoms with Crippen molar-refractivity contribution < 1.29 is 13.9 Å². The summed E-state index contributed by atoms with van der Waals surface area (Å²) in [6.45, 7) is 4.86. The molecule has 7 heteroatoms. The third-order valence-electron chi connectivity index (χ3n) is 4.01. The average Bonchev–Trinajstić information content (AvgIpc) is 3.10. The molecule has 0 radical (unpaired) electrons. The number of rotatable bonds is 8. The molecule has 1 saturated heterocycles. The molecule has 0 spiro atoms. The van der Waals surface area contributed by atoms with Crippen molar-refractivity contribution in [1.29, 1.82) is 0 Å². The summed E-state index contributed by atoms with van der Waals surface area (Å²) in [4.78, 5) is 4.22. The van der Waals surface area contributed by atoms with E-state index in [4.69, 9.17) is 9.47 Å². The number of guanidine groups is 1. The van der Waals surface area contributed by atoms with Gasteiger partial charge in [-0.1, -0.05) is 22.0 Å². The summed E-state index contributed by atoms with van der Waals surface area (Å²) in [6, 6.07) is 5.33. The molecule has 2 atom stereocenters. The standard InChI is InChI=1S/C18H27BrFN3O2/c1-13(11-25-16-7-9-24-12-16)23-18(21-2)22-8-3-4-14-5-6-15(19)10-17(14)20/h5-6,10,13,16H,3-4,7-9,11-12H2,1-2H3,(H2,21,22,23). The molecule has 140 valence electrons. The zero-order chi connectivity index (χ0) is 18.1. The summed E-state index contributed by atoms with van der Waals surface area (Å²) in [5.41, 5.74) is 0.730. The number of nitrogens with zero attached hydrogens (tertiary/aromatic N) is 1. The second-order valence-electron chi connectivity index (χ2n) is 6.20. The summed E-state index contributed by atoms with van der Waals surface area (Å²) in [6.07, 6.45) is 2.68. The fourth-order valence-corrected chi connectivity index (χ4v) is 2.94. The van der Waals surface area contributed by atoms with Crippen LogP contribution in [0.4, 0.5) is 4.39 Å². The van der Waals surface area contributed by atoms with Gasteiger partial charge in [0.1, 0.15) is 5.82 Å². The largest absolute Gasteiger partial charge is 0.379 e. The van der Waals surface area contributed by atoms with Crippen molar-refractivity contribution in [2.45, 2.75) is 38.3 Å². The highest BCUT2D eigenvalue weighted by Gasteiger charge is 2.17. The van der Waals surface area contributed by atoms with E-state index in [-0.39, 0.29) is 18.0 Å². The highest BCUT2D eigenvalue weighted by molar-refractivity contribution is 9.10. The number of ether oxygens (including phenoxy) is 2. The maximum absolute atomic E-state index is 13.8. The van der Waals surface area contributed by atoms with E-state index in [0.717, 1.165) is 42.0 Å². The average molecular weight is 416 g/mol. The Morgan fingerprint density at radius 3 is 3.04 bits per heavy atom. The van der Waals surface area contributed by atoms with E-state index in [2.05, 4.69) is 38.5 Å². The third kappa shape index (κ3) is 7.30. The van der Waals surface area contributed by atoms with Gasteiger partial charge in [-0.15, -0.1) is 0 Å². The normalized spacial score (nSPS) is 19.0. The molecule has 1 fully saturated rings. The number of aryl methyl sites for hydroxylation is 1. The van der Waals surface area contributed by atoms with Gasteiger partial charge in [0.15, 0.2) is 5.96 Å². The van der Waals surface area contributed by atoms with Crippen LogP contribution in [-0.2, 0) is 15.9 Å². The Kier molecular flexibility index (Phi) is 8.64. The van der Waals surface area contributed by atoms with Crippen molar-refractivity contribution >= 4 is 21.9 Å². The van der Waals surface area contributed by atoms with Crippen LogP contribution in [0.1, 0.15) is 25.3 Å². The maximum Gasteiger partial charge on any atom is 0.191 e. The molecular weight excluding hydrogens is 389 g/mol. The predicted molar refractivity (Wildman–Crippen MR) is 102 cm³/mol. The van der Waals surface area contributed by atoms with Crippen LogP contribution in [0.25, 0.3) is 0 Å². The molecule has 1 aliphatic rings. The Morgan fingerprint density at radius 2 is 2.36 bits per heavy atom. The van der Waals surface area contributed by atoms with Gasteiger partial charge in [0, 0.05) is 30.7 Å². The number of aliphatic imine (C=N–C) groups is 1. The molecular formula is C18H27BrFN3O2. The number of halogens is 2. The second kappa shape index (κ2) is 10.7.